The fourth-order valence-electron chi connectivity index (χ4n) is 2.02. The van der Waals surface area contributed by atoms with Crippen molar-refractivity contribution in [1.82, 2.24) is 9.88 Å². The molecule has 1 aliphatic rings. The molecule has 0 unspecified atom stereocenters. The zero-order valence-electron chi connectivity index (χ0n) is 10.4. The Labute approximate surface area is 102 Å². The number of piperidine rings is 1. The lowest BCUT2D eigenvalue weighted by molar-refractivity contribution is 0.186. The number of amides is 2. The number of anilines is 1. The molecule has 0 aromatic carbocycles. The first kappa shape index (κ1) is 11.9. The van der Waals surface area contributed by atoms with Gasteiger partial charge in [-0.25, -0.2) is 4.79 Å². The van der Waals surface area contributed by atoms with E-state index in [2.05, 4.69) is 17.2 Å². The molecule has 4 nitrogen and oxygen atoms in total. The molecule has 1 aliphatic heterocycles. The fourth-order valence-corrected chi connectivity index (χ4v) is 2.02. The summed E-state index contributed by atoms with van der Waals surface area (Å²) >= 11 is 0. The van der Waals surface area contributed by atoms with E-state index < -0.39 is 0 Å². The Hall–Kier alpha value is -1.58. The van der Waals surface area contributed by atoms with E-state index in [1.165, 1.54) is 0 Å². The van der Waals surface area contributed by atoms with Crippen molar-refractivity contribution in [3.8, 4) is 0 Å². The van der Waals surface area contributed by atoms with Crippen LogP contribution >= 0.6 is 0 Å². The second kappa shape index (κ2) is 5.17. The Kier molecular flexibility index (Phi) is 3.61. The number of carbonyl (C=O) groups excluding carboxylic acids is 1. The second-order valence-electron chi connectivity index (χ2n) is 4.79. The third-order valence-electron chi connectivity index (χ3n) is 3.33. The van der Waals surface area contributed by atoms with Gasteiger partial charge in [-0.3, -0.25) is 4.98 Å². The molecule has 17 heavy (non-hydrogen) atoms. The number of hydrogen-bond acceptors (Lipinski definition) is 2. The van der Waals surface area contributed by atoms with Crippen molar-refractivity contribution in [3.05, 3.63) is 24.0 Å². The number of nitrogens with one attached hydrogen (secondary N) is 1. The minimum absolute atomic E-state index is 0.00574. The first-order chi connectivity index (χ1) is 8.16. The number of hydrogen-bond donors (Lipinski definition) is 1. The van der Waals surface area contributed by atoms with Crippen molar-refractivity contribution in [1.29, 1.82) is 0 Å². The van der Waals surface area contributed by atoms with E-state index >= 15 is 0 Å². The van der Waals surface area contributed by atoms with Gasteiger partial charge in [0.15, 0.2) is 0 Å². The van der Waals surface area contributed by atoms with Crippen LogP contribution in [-0.4, -0.2) is 29.0 Å². The van der Waals surface area contributed by atoms with Crippen molar-refractivity contribution in [2.75, 3.05) is 18.4 Å². The number of rotatable bonds is 1. The summed E-state index contributed by atoms with van der Waals surface area (Å²) in [5, 5.41) is 2.94. The van der Waals surface area contributed by atoms with Crippen molar-refractivity contribution >= 4 is 11.7 Å². The molecule has 1 fully saturated rings. The van der Waals surface area contributed by atoms with Crippen LogP contribution in [0, 0.1) is 12.8 Å². The normalized spacial score (nSPS) is 16.9. The molecule has 0 aliphatic carbocycles. The summed E-state index contributed by atoms with van der Waals surface area (Å²) < 4.78 is 0. The summed E-state index contributed by atoms with van der Waals surface area (Å²) in [5.41, 5.74) is 1.84. The lowest BCUT2D eigenvalue weighted by Gasteiger charge is -2.30. The van der Waals surface area contributed by atoms with Crippen LogP contribution < -0.4 is 5.32 Å². The Morgan fingerprint density at radius 2 is 2.18 bits per heavy atom. The molecular formula is C13H19N3O. The third kappa shape index (κ3) is 2.96. The molecule has 0 saturated carbocycles. The van der Waals surface area contributed by atoms with Crippen molar-refractivity contribution in [2.45, 2.75) is 26.7 Å². The van der Waals surface area contributed by atoms with E-state index in [-0.39, 0.29) is 6.03 Å². The van der Waals surface area contributed by atoms with E-state index in [1.54, 1.807) is 12.4 Å². The maximum atomic E-state index is 12.0. The summed E-state index contributed by atoms with van der Waals surface area (Å²) in [6.45, 7) is 5.90. The Balaban J connectivity index is 1.95. The summed E-state index contributed by atoms with van der Waals surface area (Å²) in [7, 11) is 0. The summed E-state index contributed by atoms with van der Waals surface area (Å²) in [4.78, 5) is 17.9. The molecular weight excluding hydrogens is 214 g/mol. The van der Waals surface area contributed by atoms with Crippen LogP contribution in [0.15, 0.2) is 18.5 Å². The van der Waals surface area contributed by atoms with Gasteiger partial charge in [-0.05, 0) is 37.3 Å². The third-order valence-corrected chi connectivity index (χ3v) is 3.33. The van der Waals surface area contributed by atoms with Crippen LogP contribution in [0.3, 0.4) is 0 Å². The largest absolute Gasteiger partial charge is 0.325 e. The van der Waals surface area contributed by atoms with Gasteiger partial charge in [-0.15, -0.1) is 0 Å². The van der Waals surface area contributed by atoms with E-state index in [1.807, 2.05) is 17.9 Å². The van der Waals surface area contributed by atoms with Gasteiger partial charge in [0.25, 0.3) is 0 Å². The van der Waals surface area contributed by atoms with Gasteiger partial charge in [-0.1, -0.05) is 6.92 Å². The van der Waals surface area contributed by atoms with Crippen LogP contribution in [0.2, 0.25) is 0 Å². The van der Waals surface area contributed by atoms with E-state index in [9.17, 15) is 4.79 Å². The highest BCUT2D eigenvalue weighted by atomic mass is 16.2. The van der Waals surface area contributed by atoms with Crippen LogP contribution in [0.25, 0.3) is 0 Å². The maximum absolute atomic E-state index is 12.0. The van der Waals surface area contributed by atoms with E-state index in [4.69, 9.17) is 0 Å². The smallest absolute Gasteiger partial charge is 0.321 e. The van der Waals surface area contributed by atoms with E-state index in [0.29, 0.717) is 0 Å². The standard InChI is InChI=1S/C13H19N3O/c1-10-4-7-16(8-5-10)13(17)15-12-3-6-14-9-11(12)2/h3,6,9-10H,4-5,7-8H2,1-2H3,(H,14,15,17). The zero-order valence-corrected chi connectivity index (χ0v) is 10.4. The van der Waals surface area contributed by atoms with Crippen LogP contribution in [-0.2, 0) is 0 Å². The number of aromatic nitrogens is 1. The molecule has 2 amide bonds. The minimum Gasteiger partial charge on any atom is -0.325 e. The van der Waals surface area contributed by atoms with Gasteiger partial charge in [-0.2, -0.15) is 0 Å². The Bertz CT molecular complexity index is 397. The highest BCUT2D eigenvalue weighted by molar-refractivity contribution is 5.90. The highest BCUT2D eigenvalue weighted by Gasteiger charge is 2.20. The van der Waals surface area contributed by atoms with Crippen molar-refractivity contribution in [3.63, 3.8) is 0 Å². The first-order valence-corrected chi connectivity index (χ1v) is 6.13. The van der Waals surface area contributed by atoms with Crippen molar-refractivity contribution in [2.24, 2.45) is 5.92 Å². The minimum atomic E-state index is 0.00574. The molecule has 92 valence electrons. The average Bonchev–Trinajstić information content (AvgIpc) is 2.33. The number of aryl methyl sites for hydroxylation is 1. The lowest BCUT2D eigenvalue weighted by atomic mass is 10.00. The zero-order chi connectivity index (χ0) is 12.3. The summed E-state index contributed by atoms with van der Waals surface area (Å²) in [5.74, 6) is 0.738. The van der Waals surface area contributed by atoms with E-state index in [0.717, 1.165) is 43.1 Å². The monoisotopic (exact) mass is 233 g/mol. The van der Waals surface area contributed by atoms with Gasteiger partial charge in [0.1, 0.15) is 0 Å². The first-order valence-electron chi connectivity index (χ1n) is 6.13. The molecule has 0 spiro atoms. The predicted molar refractivity (Wildman–Crippen MR) is 68.0 cm³/mol. The van der Waals surface area contributed by atoms with Gasteiger partial charge in [0.05, 0.1) is 0 Å². The van der Waals surface area contributed by atoms with Crippen LogP contribution in [0.4, 0.5) is 10.5 Å². The van der Waals surface area contributed by atoms with Gasteiger partial charge < -0.3 is 10.2 Å². The lowest BCUT2D eigenvalue weighted by Crippen LogP contribution is -2.40. The quantitative estimate of drug-likeness (QED) is 0.810. The Morgan fingerprint density at radius 3 is 2.82 bits per heavy atom. The van der Waals surface area contributed by atoms with Gasteiger partial charge >= 0.3 is 6.03 Å². The fraction of sp³-hybridized carbons (Fsp3) is 0.538. The number of pyridine rings is 1. The average molecular weight is 233 g/mol. The molecule has 0 atom stereocenters. The predicted octanol–water partition coefficient (Wildman–Crippen LogP) is 2.65. The van der Waals surface area contributed by atoms with Crippen LogP contribution in [0.1, 0.15) is 25.3 Å². The molecule has 4 heteroatoms. The van der Waals surface area contributed by atoms with Gasteiger partial charge in [0, 0.05) is 31.2 Å². The Morgan fingerprint density at radius 1 is 1.47 bits per heavy atom. The second-order valence-corrected chi connectivity index (χ2v) is 4.79. The van der Waals surface area contributed by atoms with Crippen LogP contribution in [0.5, 0.6) is 0 Å². The van der Waals surface area contributed by atoms with Gasteiger partial charge in [0.2, 0.25) is 0 Å². The molecule has 0 radical (unpaired) electrons. The number of urea groups is 1. The molecule has 0 bridgehead atoms. The topological polar surface area (TPSA) is 45.2 Å². The van der Waals surface area contributed by atoms with Crippen molar-refractivity contribution < 1.29 is 4.79 Å². The SMILES string of the molecule is Cc1cnccc1NC(=O)N1CCC(C)CC1. The molecule has 1 N–H and O–H groups in total. The number of nitrogens with zero attached hydrogens (tertiary/aromatic N) is 2. The molecule has 1 aromatic heterocycles. The molecule has 1 aromatic rings. The molecule has 1 saturated heterocycles. The highest BCUT2D eigenvalue weighted by Crippen LogP contribution is 2.18. The summed E-state index contributed by atoms with van der Waals surface area (Å²) in [6, 6.07) is 1.84. The maximum Gasteiger partial charge on any atom is 0.321 e. The number of carbonyl (C=O) groups is 1. The number of likely N-dealkylation sites (tertiary alicyclic amines) is 1. The molecule has 2 rings (SSSR count). The molecule has 2 heterocycles. The summed E-state index contributed by atoms with van der Waals surface area (Å²) in [6.07, 6.45) is 5.65.